The van der Waals surface area contributed by atoms with Crippen molar-refractivity contribution in [2.45, 2.75) is 37.8 Å². The molecule has 0 spiro atoms. The Labute approximate surface area is 102 Å². The summed E-state index contributed by atoms with van der Waals surface area (Å²) >= 11 is 1.73. The highest BCUT2D eigenvalue weighted by Gasteiger charge is 2.12. The first kappa shape index (κ1) is 13.6. The van der Waals surface area contributed by atoms with Gasteiger partial charge in [-0.05, 0) is 26.3 Å². The fraction of sp³-hybridized carbons (Fsp3) is 0.538. The van der Waals surface area contributed by atoms with E-state index >= 15 is 0 Å². The maximum atomic E-state index is 9.18. The zero-order valence-electron chi connectivity index (χ0n) is 10.2. The summed E-state index contributed by atoms with van der Waals surface area (Å²) in [7, 11) is 0. The third-order valence-corrected chi connectivity index (χ3v) is 4.02. The van der Waals surface area contributed by atoms with Crippen LogP contribution >= 0.6 is 11.8 Å². The van der Waals surface area contributed by atoms with Gasteiger partial charge in [0, 0.05) is 17.0 Å². The minimum atomic E-state index is 0.0286. The van der Waals surface area contributed by atoms with E-state index in [-0.39, 0.29) is 17.9 Å². The zero-order valence-corrected chi connectivity index (χ0v) is 11.1. The van der Waals surface area contributed by atoms with E-state index in [4.69, 9.17) is 5.73 Å². The summed E-state index contributed by atoms with van der Waals surface area (Å²) in [6.45, 7) is 6.30. The van der Waals surface area contributed by atoms with Gasteiger partial charge in [0.2, 0.25) is 0 Å². The first-order valence-electron chi connectivity index (χ1n) is 5.58. The Hall–Kier alpha value is -0.510. The molecule has 0 bridgehead atoms. The number of hydrogen-bond donors (Lipinski definition) is 2. The fourth-order valence-electron chi connectivity index (χ4n) is 1.73. The SMILES string of the molecule is Cc1cc(C)cc(CSC(CO)C(C)N)c1. The molecular formula is C13H21NOS. The van der Waals surface area contributed by atoms with Gasteiger partial charge in [0.05, 0.1) is 6.61 Å². The highest BCUT2D eigenvalue weighted by molar-refractivity contribution is 7.99. The van der Waals surface area contributed by atoms with Gasteiger partial charge in [-0.15, -0.1) is 11.8 Å². The second-order valence-corrected chi connectivity index (χ2v) is 5.61. The van der Waals surface area contributed by atoms with Gasteiger partial charge in [0.15, 0.2) is 0 Å². The van der Waals surface area contributed by atoms with Gasteiger partial charge in [-0.2, -0.15) is 0 Å². The minimum Gasteiger partial charge on any atom is -0.395 e. The van der Waals surface area contributed by atoms with Crippen LogP contribution in [0.3, 0.4) is 0 Å². The van der Waals surface area contributed by atoms with E-state index in [1.54, 1.807) is 11.8 Å². The van der Waals surface area contributed by atoms with Gasteiger partial charge in [-0.3, -0.25) is 0 Å². The van der Waals surface area contributed by atoms with Crippen LogP contribution < -0.4 is 5.73 Å². The van der Waals surface area contributed by atoms with Crippen LogP contribution in [0.5, 0.6) is 0 Å². The summed E-state index contributed by atoms with van der Waals surface area (Å²) in [5, 5.41) is 9.31. The molecule has 1 aromatic carbocycles. The number of aliphatic hydroxyl groups is 1. The standard InChI is InChI=1S/C13H21NOS/c1-9-4-10(2)6-12(5-9)8-16-13(7-15)11(3)14/h4-6,11,13,15H,7-8,14H2,1-3H3. The maximum absolute atomic E-state index is 9.18. The Morgan fingerprint density at radius 1 is 1.25 bits per heavy atom. The molecule has 0 amide bonds. The van der Waals surface area contributed by atoms with Crippen LogP contribution in [0.2, 0.25) is 0 Å². The van der Waals surface area contributed by atoms with Gasteiger partial charge in [-0.25, -0.2) is 0 Å². The molecule has 1 aromatic rings. The van der Waals surface area contributed by atoms with Crippen molar-refractivity contribution in [3.8, 4) is 0 Å². The summed E-state index contributed by atoms with van der Waals surface area (Å²) in [5.41, 5.74) is 9.68. The largest absolute Gasteiger partial charge is 0.395 e. The number of aryl methyl sites for hydroxylation is 2. The summed E-state index contributed by atoms with van der Waals surface area (Å²) in [6.07, 6.45) is 0. The number of hydrogen-bond acceptors (Lipinski definition) is 3. The van der Waals surface area contributed by atoms with Crippen molar-refractivity contribution in [3.63, 3.8) is 0 Å². The molecule has 3 N–H and O–H groups in total. The van der Waals surface area contributed by atoms with Gasteiger partial charge in [-0.1, -0.05) is 29.3 Å². The lowest BCUT2D eigenvalue weighted by atomic mass is 10.1. The van der Waals surface area contributed by atoms with Crippen LogP contribution in [-0.4, -0.2) is 23.0 Å². The summed E-state index contributed by atoms with van der Waals surface area (Å²) in [5.74, 6) is 0.912. The molecule has 0 aliphatic carbocycles. The van der Waals surface area contributed by atoms with E-state index in [2.05, 4.69) is 32.0 Å². The normalized spacial score (nSPS) is 14.8. The molecule has 0 saturated heterocycles. The van der Waals surface area contributed by atoms with Crippen LogP contribution in [0.1, 0.15) is 23.6 Å². The Morgan fingerprint density at radius 2 is 1.81 bits per heavy atom. The van der Waals surface area contributed by atoms with Crippen LogP contribution in [-0.2, 0) is 5.75 Å². The van der Waals surface area contributed by atoms with E-state index in [0.29, 0.717) is 0 Å². The Morgan fingerprint density at radius 3 is 2.25 bits per heavy atom. The number of nitrogens with two attached hydrogens (primary N) is 1. The lowest BCUT2D eigenvalue weighted by Crippen LogP contribution is -2.31. The predicted molar refractivity (Wildman–Crippen MR) is 71.7 cm³/mol. The fourth-order valence-corrected chi connectivity index (χ4v) is 2.71. The highest BCUT2D eigenvalue weighted by atomic mass is 32.2. The summed E-state index contributed by atoms with van der Waals surface area (Å²) < 4.78 is 0. The molecule has 16 heavy (non-hydrogen) atoms. The van der Waals surface area contributed by atoms with E-state index in [1.165, 1.54) is 16.7 Å². The van der Waals surface area contributed by atoms with Crippen molar-refractivity contribution in [2.24, 2.45) is 5.73 Å². The molecule has 0 aromatic heterocycles. The molecule has 0 aliphatic rings. The van der Waals surface area contributed by atoms with E-state index in [9.17, 15) is 5.11 Å². The molecule has 3 heteroatoms. The minimum absolute atomic E-state index is 0.0286. The van der Waals surface area contributed by atoms with Crippen molar-refractivity contribution < 1.29 is 5.11 Å². The molecule has 2 unspecified atom stereocenters. The molecule has 2 atom stereocenters. The van der Waals surface area contributed by atoms with Crippen LogP contribution in [0.4, 0.5) is 0 Å². The van der Waals surface area contributed by atoms with Crippen LogP contribution in [0.15, 0.2) is 18.2 Å². The molecule has 1 rings (SSSR count). The van der Waals surface area contributed by atoms with Crippen molar-refractivity contribution >= 4 is 11.8 Å². The lowest BCUT2D eigenvalue weighted by molar-refractivity contribution is 0.285. The van der Waals surface area contributed by atoms with E-state index in [1.807, 2.05) is 6.92 Å². The third-order valence-electron chi connectivity index (χ3n) is 2.51. The zero-order chi connectivity index (χ0) is 12.1. The van der Waals surface area contributed by atoms with Crippen LogP contribution in [0, 0.1) is 13.8 Å². The number of aliphatic hydroxyl groups excluding tert-OH is 1. The predicted octanol–water partition coefficient (Wildman–Crippen LogP) is 2.24. The van der Waals surface area contributed by atoms with Gasteiger partial charge >= 0.3 is 0 Å². The molecule has 0 aliphatic heterocycles. The average molecular weight is 239 g/mol. The topological polar surface area (TPSA) is 46.2 Å². The molecule has 0 fully saturated rings. The van der Waals surface area contributed by atoms with Crippen molar-refractivity contribution in [2.75, 3.05) is 6.61 Å². The second-order valence-electron chi connectivity index (χ2n) is 4.39. The third kappa shape index (κ3) is 4.16. The van der Waals surface area contributed by atoms with Gasteiger partial charge in [0.1, 0.15) is 0 Å². The summed E-state index contributed by atoms with van der Waals surface area (Å²) in [6, 6.07) is 6.58. The number of thioether (sulfide) groups is 1. The first-order chi connectivity index (χ1) is 7.52. The smallest absolute Gasteiger partial charge is 0.0565 e. The average Bonchev–Trinajstić information content (AvgIpc) is 2.16. The Bertz CT molecular complexity index is 318. The molecule has 0 radical (unpaired) electrons. The number of rotatable bonds is 5. The van der Waals surface area contributed by atoms with E-state index < -0.39 is 0 Å². The second kappa shape index (κ2) is 6.28. The Kier molecular flexibility index (Phi) is 5.32. The molecule has 0 heterocycles. The lowest BCUT2D eigenvalue weighted by Gasteiger charge is -2.17. The highest BCUT2D eigenvalue weighted by Crippen LogP contribution is 2.21. The van der Waals surface area contributed by atoms with E-state index in [0.717, 1.165) is 5.75 Å². The molecule has 0 saturated carbocycles. The Balaban J connectivity index is 2.60. The number of benzene rings is 1. The van der Waals surface area contributed by atoms with Gasteiger partial charge < -0.3 is 10.8 Å². The monoisotopic (exact) mass is 239 g/mol. The van der Waals surface area contributed by atoms with Crippen molar-refractivity contribution in [3.05, 3.63) is 34.9 Å². The first-order valence-corrected chi connectivity index (χ1v) is 6.63. The van der Waals surface area contributed by atoms with Gasteiger partial charge in [0.25, 0.3) is 0 Å². The van der Waals surface area contributed by atoms with Crippen LogP contribution in [0.25, 0.3) is 0 Å². The molecular weight excluding hydrogens is 218 g/mol. The molecule has 2 nitrogen and oxygen atoms in total. The van der Waals surface area contributed by atoms with Crippen molar-refractivity contribution in [1.29, 1.82) is 0 Å². The maximum Gasteiger partial charge on any atom is 0.0565 e. The van der Waals surface area contributed by atoms with Crippen molar-refractivity contribution in [1.82, 2.24) is 0 Å². The quantitative estimate of drug-likeness (QED) is 0.828. The molecule has 90 valence electrons. The summed E-state index contributed by atoms with van der Waals surface area (Å²) in [4.78, 5) is 0.